The molecule has 4 nitrogen and oxygen atoms in total. The molecule has 0 saturated heterocycles. The van der Waals surface area contributed by atoms with E-state index in [0.29, 0.717) is 33.6 Å². The fourth-order valence-corrected chi connectivity index (χ4v) is 1.96. The summed E-state index contributed by atoms with van der Waals surface area (Å²) in [6.45, 7) is 2.73. The first kappa shape index (κ1) is 15.2. The smallest absolute Gasteiger partial charge is 0.158 e. The molecule has 0 aliphatic heterocycles. The molecule has 0 atom stereocenters. The predicted molar refractivity (Wildman–Crippen MR) is 79.8 cm³/mol. The highest BCUT2D eigenvalue weighted by molar-refractivity contribution is 9.10. The Kier molecular flexibility index (Phi) is 5.28. The van der Waals surface area contributed by atoms with Gasteiger partial charge >= 0.3 is 0 Å². The predicted octanol–water partition coefficient (Wildman–Crippen LogP) is 4.31. The van der Waals surface area contributed by atoms with Crippen molar-refractivity contribution in [1.82, 2.24) is 9.97 Å². The molecule has 1 aromatic heterocycles. The third-order valence-electron chi connectivity index (χ3n) is 2.37. The van der Waals surface area contributed by atoms with Crippen LogP contribution in [-0.4, -0.2) is 16.6 Å². The first-order chi connectivity index (χ1) is 9.58. The number of benzene rings is 1. The van der Waals surface area contributed by atoms with Crippen LogP contribution in [0.25, 0.3) is 0 Å². The largest absolute Gasteiger partial charge is 0.374 e. The van der Waals surface area contributed by atoms with Crippen molar-refractivity contribution in [3.8, 4) is 0 Å². The molecule has 0 saturated carbocycles. The van der Waals surface area contributed by atoms with Gasteiger partial charge in [0.1, 0.15) is 23.4 Å². The molecule has 0 unspecified atom stereocenters. The summed E-state index contributed by atoms with van der Waals surface area (Å²) in [5.41, 5.74) is 0.572. The zero-order chi connectivity index (χ0) is 14.5. The topological polar surface area (TPSA) is 47.0 Å². The second kappa shape index (κ2) is 6.97. The second-order valence-electron chi connectivity index (χ2n) is 3.88. The first-order valence-electron chi connectivity index (χ1n) is 5.91. The number of rotatable bonds is 5. The monoisotopic (exact) mass is 359 g/mol. The summed E-state index contributed by atoms with van der Waals surface area (Å²) in [6, 6.07) is 6.27. The van der Waals surface area contributed by atoms with Crippen LogP contribution in [0.4, 0.5) is 15.9 Å². The van der Waals surface area contributed by atoms with E-state index in [1.807, 2.05) is 6.92 Å². The van der Waals surface area contributed by atoms with Crippen LogP contribution in [0.3, 0.4) is 0 Å². The van der Waals surface area contributed by atoms with Gasteiger partial charge < -0.3 is 10.1 Å². The molecule has 7 heteroatoms. The van der Waals surface area contributed by atoms with Crippen LogP contribution in [0.5, 0.6) is 0 Å². The van der Waals surface area contributed by atoms with E-state index in [1.165, 1.54) is 6.07 Å². The van der Waals surface area contributed by atoms with Gasteiger partial charge in [0.05, 0.1) is 4.47 Å². The van der Waals surface area contributed by atoms with Gasteiger partial charge in [-0.05, 0) is 41.1 Å². The number of nitrogens with zero attached hydrogens (tertiary/aromatic N) is 2. The van der Waals surface area contributed by atoms with Crippen molar-refractivity contribution in [3.63, 3.8) is 0 Å². The summed E-state index contributed by atoms with van der Waals surface area (Å²) in [7, 11) is 0. The normalized spacial score (nSPS) is 10.6. The van der Waals surface area contributed by atoms with Crippen LogP contribution >= 0.6 is 27.5 Å². The van der Waals surface area contributed by atoms with Gasteiger partial charge in [-0.1, -0.05) is 11.6 Å². The number of aromatic nitrogens is 2. The maximum atomic E-state index is 13.4. The standard InChI is InChI=1S/C13H12BrClFN3O/c1-2-20-7-13-18-11(15)6-12(19-13)17-8-3-4-9(14)10(16)5-8/h3-6H,2,7H2,1H3,(H,17,18,19). The Balaban J connectivity index is 2.19. The van der Waals surface area contributed by atoms with E-state index in [0.717, 1.165) is 0 Å². The summed E-state index contributed by atoms with van der Waals surface area (Å²) in [6.07, 6.45) is 0. The van der Waals surface area contributed by atoms with E-state index >= 15 is 0 Å². The van der Waals surface area contributed by atoms with Crippen molar-refractivity contribution in [3.05, 3.63) is 45.5 Å². The third kappa shape index (κ3) is 4.13. The minimum absolute atomic E-state index is 0.278. The maximum Gasteiger partial charge on any atom is 0.158 e. The summed E-state index contributed by atoms with van der Waals surface area (Å²) >= 11 is 9.02. The van der Waals surface area contributed by atoms with Crippen LogP contribution in [0.2, 0.25) is 5.15 Å². The van der Waals surface area contributed by atoms with Gasteiger partial charge in [0, 0.05) is 18.4 Å². The van der Waals surface area contributed by atoms with E-state index in [2.05, 4.69) is 31.2 Å². The van der Waals surface area contributed by atoms with E-state index in [9.17, 15) is 4.39 Å². The Morgan fingerprint density at radius 3 is 2.85 bits per heavy atom. The molecule has 106 valence electrons. The van der Waals surface area contributed by atoms with Gasteiger partial charge in [-0.3, -0.25) is 0 Å². The Morgan fingerprint density at radius 1 is 1.35 bits per heavy atom. The SMILES string of the molecule is CCOCc1nc(Cl)cc(Nc2ccc(Br)c(F)c2)n1. The van der Waals surface area contributed by atoms with Gasteiger partial charge in [-0.15, -0.1) is 0 Å². The van der Waals surface area contributed by atoms with Crippen molar-refractivity contribution in [2.45, 2.75) is 13.5 Å². The molecule has 1 N–H and O–H groups in total. The Labute approximate surface area is 129 Å². The lowest BCUT2D eigenvalue weighted by molar-refractivity contribution is 0.128. The second-order valence-corrected chi connectivity index (χ2v) is 5.12. The highest BCUT2D eigenvalue weighted by atomic mass is 79.9. The highest BCUT2D eigenvalue weighted by Crippen LogP contribution is 2.22. The molecule has 2 rings (SSSR count). The molecule has 20 heavy (non-hydrogen) atoms. The van der Waals surface area contributed by atoms with E-state index in [-0.39, 0.29) is 12.4 Å². The summed E-state index contributed by atoms with van der Waals surface area (Å²) in [5.74, 6) is 0.602. The number of halogens is 3. The van der Waals surface area contributed by atoms with Crippen molar-refractivity contribution < 1.29 is 9.13 Å². The fourth-order valence-electron chi connectivity index (χ4n) is 1.51. The average Bonchev–Trinajstić information content (AvgIpc) is 2.40. The van der Waals surface area contributed by atoms with Crippen LogP contribution in [-0.2, 0) is 11.3 Å². The summed E-state index contributed by atoms with van der Waals surface area (Å²) in [4.78, 5) is 8.31. The summed E-state index contributed by atoms with van der Waals surface area (Å²) < 4.78 is 19.1. The molecule has 0 amide bonds. The molecule has 0 aliphatic rings. The van der Waals surface area contributed by atoms with E-state index in [1.54, 1.807) is 18.2 Å². The Morgan fingerprint density at radius 2 is 2.15 bits per heavy atom. The number of hydrogen-bond acceptors (Lipinski definition) is 4. The zero-order valence-electron chi connectivity index (χ0n) is 10.7. The molecule has 0 bridgehead atoms. The summed E-state index contributed by atoms with van der Waals surface area (Å²) in [5, 5.41) is 3.28. The lowest BCUT2D eigenvalue weighted by Gasteiger charge is -2.08. The zero-order valence-corrected chi connectivity index (χ0v) is 13.0. The minimum atomic E-state index is -0.357. The number of ether oxygens (including phenoxy) is 1. The molecular formula is C13H12BrClFN3O. The lowest BCUT2D eigenvalue weighted by atomic mass is 10.3. The Bertz CT molecular complexity index is 612. The maximum absolute atomic E-state index is 13.4. The van der Waals surface area contributed by atoms with Gasteiger partial charge in [0.2, 0.25) is 0 Å². The molecule has 0 aliphatic carbocycles. The molecule has 0 radical (unpaired) electrons. The molecule has 1 aromatic carbocycles. The first-order valence-corrected chi connectivity index (χ1v) is 7.09. The van der Waals surface area contributed by atoms with Gasteiger partial charge in [0.15, 0.2) is 5.82 Å². The highest BCUT2D eigenvalue weighted by Gasteiger charge is 2.06. The minimum Gasteiger partial charge on any atom is -0.374 e. The Hall–Kier alpha value is -1.24. The molecule has 1 heterocycles. The van der Waals surface area contributed by atoms with Crippen LogP contribution in [0.15, 0.2) is 28.7 Å². The average molecular weight is 361 g/mol. The fraction of sp³-hybridized carbons (Fsp3) is 0.231. The van der Waals surface area contributed by atoms with Crippen molar-refractivity contribution in [2.24, 2.45) is 0 Å². The van der Waals surface area contributed by atoms with Crippen LogP contribution in [0, 0.1) is 5.82 Å². The number of nitrogens with one attached hydrogen (secondary N) is 1. The van der Waals surface area contributed by atoms with Crippen molar-refractivity contribution in [1.29, 1.82) is 0 Å². The molecule has 2 aromatic rings. The molecular weight excluding hydrogens is 349 g/mol. The van der Waals surface area contributed by atoms with Gasteiger partial charge in [-0.2, -0.15) is 0 Å². The quantitative estimate of drug-likeness (QED) is 0.807. The number of hydrogen-bond donors (Lipinski definition) is 1. The van der Waals surface area contributed by atoms with Crippen LogP contribution < -0.4 is 5.32 Å². The lowest BCUT2D eigenvalue weighted by Crippen LogP contribution is -2.03. The van der Waals surface area contributed by atoms with Gasteiger partial charge in [-0.25, -0.2) is 14.4 Å². The van der Waals surface area contributed by atoms with Gasteiger partial charge in [0.25, 0.3) is 0 Å². The molecule has 0 spiro atoms. The van der Waals surface area contributed by atoms with Crippen molar-refractivity contribution >= 4 is 39.0 Å². The van der Waals surface area contributed by atoms with E-state index in [4.69, 9.17) is 16.3 Å². The van der Waals surface area contributed by atoms with Crippen LogP contribution in [0.1, 0.15) is 12.7 Å². The van der Waals surface area contributed by atoms with Crippen molar-refractivity contribution in [2.75, 3.05) is 11.9 Å². The number of anilines is 2. The third-order valence-corrected chi connectivity index (χ3v) is 3.21. The van der Waals surface area contributed by atoms with E-state index < -0.39 is 0 Å². The molecule has 0 fully saturated rings.